The van der Waals surface area contributed by atoms with E-state index < -0.39 is 0 Å². The lowest BCUT2D eigenvalue weighted by molar-refractivity contribution is 0.627. The van der Waals surface area contributed by atoms with Gasteiger partial charge in [0.25, 0.3) is 0 Å². The molecule has 0 saturated heterocycles. The number of hydrogen-bond donors (Lipinski definition) is 0. The van der Waals surface area contributed by atoms with E-state index in [1.54, 1.807) is 23.0 Å². The second-order valence-corrected chi connectivity index (χ2v) is 5.44. The maximum Gasteiger partial charge on any atom is 0.190 e. The van der Waals surface area contributed by atoms with Crippen molar-refractivity contribution >= 4 is 0 Å². The zero-order valence-electron chi connectivity index (χ0n) is 13.3. The molecule has 0 unspecified atom stereocenters. The van der Waals surface area contributed by atoms with Crippen LogP contribution < -0.4 is 0 Å². The van der Waals surface area contributed by atoms with Crippen LogP contribution in [0.15, 0.2) is 60.8 Å². The molecule has 0 bridgehead atoms. The summed E-state index contributed by atoms with van der Waals surface area (Å²) in [6, 6.07) is 15.7. The summed E-state index contributed by atoms with van der Waals surface area (Å²) in [5, 5.41) is 11.9. The minimum atomic E-state index is -0.318. The number of aromatic nitrogens is 6. The zero-order valence-corrected chi connectivity index (χ0v) is 13.3. The van der Waals surface area contributed by atoms with Crippen LogP contribution >= 0.6 is 0 Å². The molecule has 0 amide bonds. The van der Waals surface area contributed by atoms with Crippen molar-refractivity contribution < 1.29 is 4.39 Å². The molecule has 122 valence electrons. The van der Waals surface area contributed by atoms with E-state index >= 15 is 0 Å². The van der Waals surface area contributed by atoms with Crippen molar-refractivity contribution in [2.24, 2.45) is 0 Å². The Kier molecular flexibility index (Phi) is 3.74. The van der Waals surface area contributed by atoms with Gasteiger partial charge in [-0.1, -0.05) is 30.3 Å². The lowest BCUT2D eigenvalue weighted by Crippen LogP contribution is -2.03. The van der Waals surface area contributed by atoms with Gasteiger partial charge in [0.15, 0.2) is 5.82 Å². The van der Waals surface area contributed by atoms with E-state index in [0.717, 1.165) is 11.3 Å². The summed E-state index contributed by atoms with van der Waals surface area (Å²) in [4.78, 5) is 8.86. The standard InChI is InChI=1S/C18H13FN6/c1-12-20-11-16(17(21-12)13-5-3-2-4-6-13)18-22-23-24-25(18)15-9-7-14(19)8-10-15/h2-11H,1H3. The molecular formula is C18H13FN6. The number of benzene rings is 2. The SMILES string of the molecule is Cc1ncc(-c2nnnn2-c2ccc(F)cc2)c(-c2ccccc2)n1. The molecule has 0 N–H and O–H groups in total. The molecule has 25 heavy (non-hydrogen) atoms. The first-order valence-electron chi connectivity index (χ1n) is 7.66. The third-order valence-corrected chi connectivity index (χ3v) is 3.74. The Labute approximate surface area is 143 Å². The number of halogens is 1. The second-order valence-electron chi connectivity index (χ2n) is 5.44. The molecule has 7 heteroatoms. The van der Waals surface area contributed by atoms with Gasteiger partial charge in [-0.15, -0.1) is 5.10 Å². The minimum Gasteiger partial charge on any atom is -0.241 e. The quantitative estimate of drug-likeness (QED) is 0.576. The Morgan fingerprint density at radius 3 is 2.48 bits per heavy atom. The first-order chi connectivity index (χ1) is 12.2. The molecule has 0 atom stereocenters. The summed E-state index contributed by atoms with van der Waals surface area (Å²) in [6.45, 7) is 1.83. The van der Waals surface area contributed by atoms with Crippen LogP contribution in [0.4, 0.5) is 4.39 Å². The van der Waals surface area contributed by atoms with Crippen molar-refractivity contribution in [2.45, 2.75) is 6.92 Å². The van der Waals surface area contributed by atoms with E-state index in [-0.39, 0.29) is 5.82 Å². The Morgan fingerprint density at radius 2 is 1.72 bits per heavy atom. The lowest BCUT2D eigenvalue weighted by Gasteiger charge is -2.09. The van der Waals surface area contributed by atoms with Crippen molar-refractivity contribution in [3.05, 3.63) is 72.4 Å². The molecule has 2 heterocycles. The fraction of sp³-hybridized carbons (Fsp3) is 0.0556. The van der Waals surface area contributed by atoms with Gasteiger partial charge in [-0.2, -0.15) is 4.68 Å². The van der Waals surface area contributed by atoms with E-state index in [4.69, 9.17) is 0 Å². The third-order valence-electron chi connectivity index (χ3n) is 3.74. The molecule has 0 aliphatic heterocycles. The van der Waals surface area contributed by atoms with Crippen LogP contribution in [0, 0.1) is 12.7 Å². The molecule has 0 spiro atoms. The average Bonchev–Trinajstić information content (AvgIpc) is 3.12. The van der Waals surface area contributed by atoms with Gasteiger partial charge in [-0.3, -0.25) is 0 Å². The van der Waals surface area contributed by atoms with Crippen LogP contribution in [0.2, 0.25) is 0 Å². The van der Waals surface area contributed by atoms with E-state index in [1.807, 2.05) is 37.3 Å². The van der Waals surface area contributed by atoms with Crippen LogP contribution in [0.3, 0.4) is 0 Å². The Balaban J connectivity index is 1.90. The topological polar surface area (TPSA) is 69.4 Å². The molecule has 2 aromatic heterocycles. The van der Waals surface area contributed by atoms with Crippen LogP contribution in [-0.2, 0) is 0 Å². The molecule has 4 rings (SSSR count). The van der Waals surface area contributed by atoms with Gasteiger partial charge in [0, 0.05) is 11.8 Å². The van der Waals surface area contributed by atoms with Crippen LogP contribution in [0.5, 0.6) is 0 Å². The predicted octanol–water partition coefficient (Wildman–Crippen LogP) is 3.23. The highest BCUT2D eigenvalue weighted by molar-refractivity contribution is 5.77. The number of hydrogen-bond acceptors (Lipinski definition) is 5. The fourth-order valence-corrected chi connectivity index (χ4v) is 2.56. The molecule has 2 aromatic carbocycles. The van der Waals surface area contributed by atoms with Crippen molar-refractivity contribution in [3.63, 3.8) is 0 Å². The van der Waals surface area contributed by atoms with Gasteiger partial charge in [-0.05, 0) is 41.6 Å². The van der Waals surface area contributed by atoms with Crippen molar-refractivity contribution in [1.29, 1.82) is 0 Å². The smallest absolute Gasteiger partial charge is 0.190 e. The summed E-state index contributed by atoms with van der Waals surface area (Å²) in [7, 11) is 0. The summed E-state index contributed by atoms with van der Waals surface area (Å²) in [5.74, 6) is 0.830. The highest BCUT2D eigenvalue weighted by Gasteiger charge is 2.17. The molecule has 0 radical (unpaired) electrons. The summed E-state index contributed by atoms with van der Waals surface area (Å²) in [6.07, 6.45) is 1.70. The second kappa shape index (κ2) is 6.20. The number of nitrogens with zero attached hydrogens (tertiary/aromatic N) is 6. The van der Waals surface area contributed by atoms with Crippen molar-refractivity contribution in [3.8, 4) is 28.3 Å². The van der Waals surface area contributed by atoms with Gasteiger partial charge in [0.05, 0.1) is 16.9 Å². The summed E-state index contributed by atoms with van der Waals surface area (Å²) in [5.41, 5.74) is 3.04. The van der Waals surface area contributed by atoms with E-state index in [2.05, 4.69) is 25.5 Å². The Bertz CT molecular complexity index is 1010. The maximum absolute atomic E-state index is 13.2. The fourth-order valence-electron chi connectivity index (χ4n) is 2.56. The largest absolute Gasteiger partial charge is 0.241 e. The molecule has 6 nitrogen and oxygen atoms in total. The van der Waals surface area contributed by atoms with Crippen molar-refractivity contribution in [1.82, 2.24) is 30.2 Å². The monoisotopic (exact) mass is 332 g/mol. The minimum absolute atomic E-state index is 0.318. The van der Waals surface area contributed by atoms with Crippen LogP contribution in [0.25, 0.3) is 28.3 Å². The number of aryl methyl sites for hydroxylation is 1. The van der Waals surface area contributed by atoms with Gasteiger partial charge < -0.3 is 0 Å². The van der Waals surface area contributed by atoms with Gasteiger partial charge >= 0.3 is 0 Å². The molecule has 4 aromatic rings. The van der Waals surface area contributed by atoms with Crippen LogP contribution in [-0.4, -0.2) is 30.2 Å². The molecular weight excluding hydrogens is 319 g/mol. The lowest BCUT2D eigenvalue weighted by atomic mass is 10.1. The van der Waals surface area contributed by atoms with E-state index in [9.17, 15) is 4.39 Å². The number of rotatable bonds is 3. The third kappa shape index (κ3) is 2.87. The highest BCUT2D eigenvalue weighted by atomic mass is 19.1. The Hall–Kier alpha value is -3.48. The van der Waals surface area contributed by atoms with Gasteiger partial charge in [-0.25, -0.2) is 14.4 Å². The van der Waals surface area contributed by atoms with Crippen LogP contribution in [0.1, 0.15) is 5.82 Å². The molecule has 0 fully saturated rings. The summed E-state index contributed by atoms with van der Waals surface area (Å²) < 4.78 is 14.7. The first kappa shape index (κ1) is 15.1. The average molecular weight is 332 g/mol. The number of tetrazole rings is 1. The molecule has 0 aliphatic rings. The van der Waals surface area contributed by atoms with E-state index in [1.165, 1.54) is 12.1 Å². The highest BCUT2D eigenvalue weighted by Crippen LogP contribution is 2.29. The van der Waals surface area contributed by atoms with Gasteiger partial charge in [0.2, 0.25) is 0 Å². The molecule has 0 aliphatic carbocycles. The van der Waals surface area contributed by atoms with Crippen molar-refractivity contribution in [2.75, 3.05) is 0 Å². The maximum atomic E-state index is 13.2. The van der Waals surface area contributed by atoms with Gasteiger partial charge in [0.1, 0.15) is 11.6 Å². The first-order valence-corrected chi connectivity index (χ1v) is 7.66. The normalized spacial score (nSPS) is 10.8. The summed E-state index contributed by atoms with van der Waals surface area (Å²) >= 11 is 0. The Morgan fingerprint density at radius 1 is 0.960 bits per heavy atom. The van der Waals surface area contributed by atoms with E-state index in [0.29, 0.717) is 22.9 Å². The molecule has 0 saturated carbocycles. The zero-order chi connectivity index (χ0) is 17.2. The predicted molar refractivity (Wildman–Crippen MR) is 90.3 cm³/mol.